The van der Waals surface area contributed by atoms with Crippen molar-refractivity contribution in [3.63, 3.8) is 0 Å². The number of carbonyl (C=O) groups is 2. The molecule has 20 heavy (non-hydrogen) atoms. The largest absolute Gasteiger partial charge is 0.465 e. The summed E-state index contributed by atoms with van der Waals surface area (Å²) in [7, 11) is 0. The van der Waals surface area contributed by atoms with Crippen LogP contribution in [0.15, 0.2) is 30.9 Å². The molecular weight excluding hydrogens is 268 g/mol. The first-order valence-electron chi connectivity index (χ1n) is 6.00. The molecule has 0 spiro atoms. The molecule has 0 N–H and O–H groups in total. The van der Waals surface area contributed by atoms with Gasteiger partial charge in [0, 0.05) is 12.1 Å². The average molecular weight is 283 g/mol. The van der Waals surface area contributed by atoms with Crippen LogP contribution in [0.2, 0.25) is 0 Å². The van der Waals surface area contributed by atoms with Gasteiger partial charge in [-0.2, -0.15) is 0 Å². The first-order chi connectivity index (χ1) is 9.49. The number of amides is 1. The van der Waals surface area contributed by atoms with E-state index in [9.17, 15) is 18.4 Å². The highest BCUT2D eigenvalue weighted by Crippen LogP contribution is 2.11. The molecule has 0 saturated carbocycles. The van der Waals surface area contributed by atoms with E-state index >= 15 is 0 Å². The zero-order chi connectivity index (χ0) is 15.1. The van der Waals surface area contributed by atoms with Gasteiger partial charge < -0.3 is 9.64 Å². The highest BCUT2D eigenvalue weighted by molar-refractivity contribution is 5.96. The molecule has 1 amide bonds. The average Bonchev–Trinajstić information content (AvgIpc) is 2.41. The van der Waals surface area contributed by atoms with E-state index in [1.54, 1.807) is 6.92 Å². The predicted octanol–water partition coefficient (Wildman–Crippen LogP) is 2.16. The van der Waals surface area contributed by atoms with E-state index < -0.39 is 23.5 Å². The molecule has 0 atom stereocenters. The highest BCUT2D eigenvalue weighted by Gasteiger charge is 2.19. The van der Waals surface area contributed by atoms with Crippen LogP contribution >= 0.6 is 0 Å². The summed E-state index contributed by atoms with van der Waals surface area (Å²) in [4.78, 5) is 24.7. The van der Waals surface area contributed by atoms with Gasteiger partial charge in [-0.25, -0.2) is 8.78 Å². The third-order valence-electron chi connectivity index (χ3n) is 2.43. The van der Waals surface area contributed by atoms with Crippen molar-refractivity contribution in [2.45, 2.75) is 6.92 Å². The zero-order valence-electron chi connectivity index (χ0n) is 11.1. The Morgan fingerprint density at radius 3 is 2.60 bits per heavy atom. The minimum atomic E-state index is -1.12. The van der Waals surface area contributed by atoms with Crippen molar-refractivity contribution in [1.82, 2.24) is 4.90 Å². The lowest BCUT2D eigenvalue weighted by Crippen LogP contribution is -2.36. The Bertz CT molecular complexity index is 517. The van der Waals surface area contributed by atoms with Crippen molar-refractivity contribution in [3.8, 4) is 0 Å². The molecule has 0 aliphatic carbocycles. The number of halogens is 2. The summed E-state index contributed by atoms with van der Waals surface area (Å²) < 4.78 is 30.7. The fourth-order valence-electron chi connectivity index (χ4n) is 1.55. The second-order valence-electron chi connectivity index (χ2n) is 3.91. The van der Waals surface area contributed by atoms with E-state index in [1.165, 1.54) is 6.08 Å². The fourth-order valence-corrected chi connectivity index (χ4v) is 1.55. The lowest BCUT2D eigenvalue weighted by molar-refractivity contribution is -0.143. The number of carbonyl (C=O) groups excluding carboxylic acids is 2. The Labute approximate surface area is 115 Å². The van der Waals surface area contributed by atoms with Crippen LogP contribution in [0.25, 0.3) is 0 Å². The van der Waals surface area contributed by atoms with Crippen molar-refractivity contribution >= 4 is 11.9 Å². The van der Waals surface area contributed by atoms with E-state index in [0.717, 1.165) is 23.1 Å². The van der Waals surface area contributed by atoms with Gasteiger partial charge in [-0.1, -0.05) is 6.08 Å². The summed E-state index contributed by atoms with van der Waals surface area (Å²) in [5, 5.41) is 0. The van der Waals surface area contributed by atoms with E-state index in [1.807, 2.05) is 0 Å². The van der Waals surface area contributed by atoms with Crippen molar-refractivity contribution in [2.24, 2.45) is 0 Å². The SMILES string of the molecule is C=CCN(CC(=O)OCC)C(=O)c1ccc(F)c(F)c1. The van der Waals surface area contributed by atoms with E-state index in [2.05, 4.69) is 6.58 Å². The number of hydrogen-bond donors (Lipinski definition) is 0. The van der Waals surface area contributed by atoms with Gasteiger partial charge >= 0.3 is 5.97 Å². The minimum Gasteiger partial charge on any atom is -0.465 e. The summed E-state index contributed by atoms with van der Waals surface area (Å²) in [5.41, 5.74) is -0.0463. The molecular formula is C14H15F2NO3. The van der Waals surface area contributed by atoms with Crippen molar-refractivity contribution in [3.05, 3.63) is 48.1 Å². The number of ether oxygens (including phenoxy) is 1. The third kappa shape index (κ3) is 4.15. The first-order valence-corrected chi connectivity index (χ1v) is 6.00. The molecule has 6 heteroatoms. The Hall–Kier alpha value is -2.24. The molecule has 0 aliphatic rings. The Kier molecular flexibility index (Phi) is 5.83. The summed E-state index contributed by atoms with van der Waals surface area (Å²) in [6.07, 6.45) is 1.43. The molecule has 0 unspecified atom stereocenters. The van der Waals surface area contributed by atoms with Gasteiger partial charge in [0.15, 0.2) is 11.6 Å². The van der Waals surface area contributed by atoms with E-state index in [4.69, 9.17) is 4.74 Å². The number of hydrogen-bond acceptors (Lipinski definition) is 3. The summed E-state index contributed by atoms with van der Waals surface area (Å²) in [6.45, 7) is 5.14. The molecule has 0 aliphatic heterocycles. The summed E-state index contributed by atoms with van der Waals surface area (Å²) in [5.74, 6) is -3.34. The number of rotatable bonds is 6. The monoisotopic (exact) mass is 283 g/mol. The van der Waals surface area contributed by atoms with Gasteiger partial charge in [0.2, 0.25) is 0 Å². The van der Waals surface area contributed by atoms with Gasteiger partial charge in [-0.05, 0) is 25.1 Å². The molecule has 0 fully saturated rings. The normalized spacial score (nSPS) is 9.95. The van der Waals surface area contributed by atoms with Crippen molar-refractivity contribution < 1.29 is 23.1 Å². The summed E-state index contributed by atoms with van der Waals surface area (Å²) >= 11 is 0. The molecule has 108 valence electrons. The smallest absolute Gasteiger partial charge is 0.325 e. The maximum Gasteiger partial charge on any atom is 0.325 e. The maximum absolute atomic E-state index is 13.1. The number of benzene rings is 1. The van der Waals surface area contributed by atoms with Gasteiger partial charge in [-0.3, -0.25) is 9.59 Å². The molecule has 0 heterocycles. The van der Waals surface area contributed by atoms with Crippen LogP contribution in [0.1, 0.15) is 17.3 Å². The van der Waals surface area contributed by atoms with E-state index in [-0.39, 0.29) is 25.3 Å². The minimum absolute atomic E-state index is 0.0463. The molecule has 4 nitrogen and oxygen atoms in total. The predicted molar refractivity (Wildman–Crippen MR) is 69.1 cm³/mol. The zero-order valence-corrected chi connectivity index (χ0v) is 11.1. The highest BCUT2D eigenvalue weighted by atomic mass is 19.2. The molecule has 1 rings (SSSR count). The number of esters is 1. The third-order valence-corrected chi connectivity index (χ3v) is 2.43. The van der Waals surface area contributed by atoms with Gasteiger partial charge in [0.1, 0.15) is 6.54 Å². The van der Waals surface area contributed by atoms with Crippen LogP contribution in [0, 0.1) is 11.6 Å². The first kappa shape index (κ1) is 15.8. The van der Waals surface area contributed by atoms with Gasteiger partial charge in [0.25, 0.3) is 5.91 Å². The Morgan fingerprint density at radius 2 is 2.05 bits per heavy atom. The van der Waals surface area contributed by atoms with Crippen LogP contribution in [-0.4, -0.2) is 36.5 Å². The maximum atomic E-state index is 13.1. The topological polar surface area (TPSA) is 46.6 Å². The molecule has 0 saturated heterocycles. The molecule has 0 bridgehead atoms. The lowest BCUT2D eigenvalue weighted by Gasteiger charge is -2.20. The quantitative estimate of drug-likeness (QED) is 0.593. The summed E-state index contributed by atoms with van der Waals surface area (Å²) in [6, 6.07) is 2.81. The Morgan fingerprint density at radius 1 is 1.35 bits per heavy atom. The lowest BCUT2D eigenvalue weighted by atomic mass is 10.2. The van der Waals surface area contributed by atoms with Crippen LogP contribution in [0.3, 0.4) is 0 Å². The molecule has 1 aromatic rings. The number of nitrogens with zero attached hydrogens (tertiary/aromatic N) is 1. The Balaban J connectivity index is 2.89. The molecule has 0 aromatic heterocycles. The second-order valence-corrected chi connectivity index (χ2v) is 3.91. The van der Waals surface area contributed by atoms with Crippen LogP contribution in [-0.2, 0) is 9.53 Å². The molecule has 0 radical (unpaired) electrons. The van der Waals surface area contributed by atoms with Crippen LogP contribution in [0.4, 0.5) is 8.78 Å². The fraction of sp³-hybridized carbons (Fsp3) is 0.286. The van der Waals surface area contributed by atoms with Gasteiger partial charge in [-0.15, -0.1) is 6.58 Å². The van der Waals surface area contributed by atoms with Crippen LogP contribution in [0.5, 0.6) is 0 Å². The van der Waals surface area contributed by atoms with Crippen molar-refractivity contribution in [1.29, 1.82) is 0 Å². The molecule has 1 aromatic carbocycles. The second kappa shape index (κ2) is 7.37. The van der Waals surface area contributed by atoms with Gasteiger partial charge in [0.05, 0.1) is 6.61 Å². The van der Waals surface area contributed by atoms with E-state index in [0.29, 0.717) is 0 Å². The standard InChI is InChI=1S/C14H15F2NO3/c1-3-7-17(9-13(18)20-4-2)14(19)10-5-6-11(15)12(16)8-10/h3,5-6,8H,1,4,7,9H2,2H3. The van der Waals surface area contributed by atoms with Crippen molar-refractivity contribution in [2.75, 3.05) is 19.7 Å². The van der Waals surface area contributed by atoms with Crippen LogP contribution < -0.4 is 0 Å².